The highest BCUT2D eigenvalue weighted by atomic mass is 16.5. The van der Waals surface area contributed by atoms with Gasteiger partial charge in [-0.05, 0) is 25.7 Å². The molecule has 0 radical (unpaired) electrons. The van der Waals surface area contributed by atoms with Crippen LogP contribution in [0.4, 0.5) is 0 Å². The number of hydrogen-bond acceptors (Lipinski definition) is 3. The Bertz CT molecular complexity index is 434. The van der Waals surface area contributed by atoms with Crippen molar-refractivity contribution in [1.29, 1.82) is 0 Å². The van der Waals surface area contributed by atoms with Gasteiger partial charge in [0.1, 0.15) is 11.4 Å². The van der Waals surface area contributed by atoms with Crippen LogP contribution in [0.3, 0.4) is 0 Å². The SMILES string of the molecule is CCOC(CC)(CC)c1nc(C(C)C)cc(=O)[nH]1. The number of aromatic nitrogens is 2. The monoisotopic (exact) mass is 252 g/mol. The maximum absolute atomic E-state index is 11.7. The van der Waals surface area contributed by atoms with Crippen molar-refractivity contribution in [2.45, 2.75) is 59.0 Å². The van der Waals surface area contributed by atoms with E-state index >= 15 is 0 Å². The molecule has 4 heteroatoms. The van der Waals surface area contributed by atoms with Crippen LogP contribution in [0.2, 0.25) is 0 Å². The van der Waals surface area contributed by atoms with E-state index in [1.807, 2.05) is 20.8 Å². The van der Waals surface area contributed by atoms with Crippen molar-refractivity contribution in [3.63, 3.8) is 0 Å². The number of H-pyrrole nitrogens is 1. The first-order valence-electron chi connectivity index (χ1n) is 6.74. The Morgan fingerprint density at radius 2 is 1.94 bits per heavy atom. The van der Waals surface area contributed by atoms with Crippen LogP contribution in [-0.4, -0.2) is 16.6 Å². The van der Waals surface area contributed by atoms with Crippen molar-refractivity contribution in [2.75, 3.05) is 6.61 Å². The zero-order valence-electron chi connectivity index (χ0n) is 12.0. The van der Waals surface area contributed by atoms with Gasteiger partial charge in [-0.1, -0.05) is 27.7 Å². The van der Waals surface area contributed by atoms with Crippen LogP contribution < -0.4 is 5.56 Å². The number of aromatic amines is 1. The average Bonchev–Trinajstić information content (AvgIpc) is 2.35. The van der Waals surface area contributed by atoms with E-state index in [0.717, 1.165) is 18.5 Å². The van der Waals surface area contributed by atoms with Crippen LogP contribution >= 0.6 is 0 Å². The van der Waals surface area contributed by atoms with Crippen LogP contribution in [0.15, 0.2) is 10.9 Å². The standard InChI is InChI=1S/C14H24N2O2/c1-6-14(7-2,18-8-3)13-15-11(10(4)5)9-12(17)16-13/h9-10H,6-8H2,1-5H3,(H,15,16,17). The molecule has 0 unspecified atom stereocenters. The minimum absolute atomic E-state index is 0.102. The van der Waals surface area contributed by atoms with Crippen molar-refractivity contribution < 1.29 is 4.74 Å². The fourth-order valence-electron chi connectivity index (χ4n) is 2.12. The molecule has 102 valence electrons. The lowest BCUT2D eigenvalue weighted by molar-refractivity contribution is -0.0574. The Labute approximate surface area is 109 Å². The van der Waals surface area contributed by atoms with E-state index in [1.165, 1.54) is 0 Å². The summed E-state index contributed by atoms with van der Waals surface area (Å²) in [5.41, 5.74) is 0.244. The fraction of sp³-hybridized carbons (Fsp3) is 0.714. The lowest BCUT2D eigenvalue weighted by Crippen LogP contribution is -2.33. The fourth-order valence-corrected chi connectivity index (χ4v) is 2.12. The summed E-state index contributed by atoms with van der Waals surface area (Å²) >= 11 is 0. The lowest BCUT2D eigenvalue weighted by Gasteiger charge is -2.30. The van der Waals surface area contributed by atoms with E-state index in [0.29, 0.717) is 12.4 Å². The second-order valence-electron chi connectivity index (χ2n) is 4.81. The molecule has 1 aromatic heterocycles. The lowest BCUT2D eigenvalue weighted by atomic mass is 9.95. The molecule has 0 atom stereocenters. The first kappa shape index (κ1) is 14.9. The number of nitrogens with zero attached hydrogens (tertiary/aromatic N) is 1. The van der Waals surface area contributed by atoms with Gasteiger partial charge >= 0.3 is 0 Å². The van der Waals surface area contributed by atoms with Gasteiger partial charge in [0.25, 0.3) is 5.56 Å². The predicted octanol–water partition coefficient (Wildman–Crippen LogP) is 2.95. The highest BCUT2D eigenvalue weighted by molar-refractivity contribution is 5.11. The Balaban J connectivity index is 3.32. The summed E-state index contributed by atoms with van der Waals surface area (Å²) in [7, 11) is 0. The summed E-state index contributed by atoms with van der Waals surface area (Å²) in [5.74, 6) is 0.893. The van der Waals surface area contributed by atoms with E-state index in [2.05, 4.69) is 23.8 Å². The summed E-state index contributed by atoms with van der Waals surface area (Å²) in [6, 6.07) is 1.57. The molecule has 0 aromatic carbocycles. The minimum Gasteiger partial charge on any atom is -0.367 e. The van der Waals surface area contributed by atoms with Crippen molar-refractivity contribution in [1.82, 2.24) is 9.97 Å². The van der Waals surface area contributed by atoms with Crippen LogP contribution in [0.1, 0.15) is 64.9 Å². The molecule has 0 aliphatic rings. The smallest absolute Gasteiger partial charge is 0.251 e. The van der Waals surface area contributed by atoms with Crippen LogP contribution in [0.5, 0.6) is 0 Å². The molecular formula is C14H24N2O2. The van der Waals surface area contributed by atoms with Gasteiger partial charge in [-0.2, -0.15) is 0 Å². The van der Waals surface area contributed by atoms with Gasteiger partial charge in [0.05, 0.1) is 5.69 Å². The molecule has 1 rings (SSSR count). The molecule has 0 amide bonds. The van der Waals surface area contributed by atoms with Crippen molar-refractivity contribution in [2.24, 2.45) is 0 Å². The first-order valence-corrected chi connectivity index (χ1v) is 6.74. The molecule has 1 aromatic rings. The molecule has 0 saturated carbocycles. The molecule has 0 bridgehead atoms. The normalized spacial score (nSPS) is 12.1. The quantitative estimate of drug-likeness (QED) is 0.847. The van der Waals surface area contributed by atoms with Crippen molar-refractivity contribution in [3.8, 4) is 0 Å². The maximum Gasteiger partial charge on any atom is 0.251 e. The van der Waals surface area contributed by atoms with Crippen LogP contribution in [0, 0.1) is 0 Å². The van der Waals surface area contributed by atoms with Gasteiger partial charge in [0.15, 0.2) is 0 Å². The average molecular weight is 252 g/mol. The first-order chi connectivity index (χ1) is 8.49. The summed E-state index contributed by atoms with van der Waals surface area (Å²) in [5, 5.41) is 0. The van der Waals surface area contributed by atoms with E-state index in [1.54, 1.807) is 6.07 Å². The number of rotatable bonds is 6. The Hall–Kier alpha value is -1.16. The molecule has 1 N–H and O–H groups in total. The van der Waals surface area contributed by atoms with E-state index in [-0.39, 0.29) is 11.5 Å². The number of nitrogens with one attached hydrogen (secondary N) is 1. The molecule has 0 aliphatic heterocycles. The van der Waals surface area contributed by atoms with Gasteiger partial charge in [-0.15, -0.1) is 0 Å². The summed E-state index contributed by atoms with van der Waals surface area (Å²) in [6.07, 6.45) is 1.59. The van der Waals surface area contributed by atoms with E-state index < -0.39 is 5.60 Å². The molecule has 4 nitrogen and oxygen atoms in total. The largest absolute Gasteiger partial charge is 0.367 e. The van der Waals surface area contributed by atoms with Crippen LogP contribution in [0.25, 0.3) is 0 Å². The third-order valence-corrected chi connectivity index (χ3v) is 3.35. The van der Waals surface area contributed by atoms with E-state index in [4.69, 9.17) is 4.74 Å². The van der Waals surface area contributed by atoms with Gasteiger partial charge in [0, 0.05) is 12.7 Å². The molecule has 0 fully saturated rings. The third-order valence-electron chi connectivity index (χ3n) is 3.35. The summed E-state index contributed by atoms with van der Waals surface area (Å²) < 4.78 is 5.87. The minimum atomic E-state index is -0.473. The highest BCUT2D eigenvalue weighted by Gasteiger charge is 2.32. The Kier molecular flexibility index (Phi) is 5.08. The number of ether oxygens (including phenoxy) is 1. The third kappa shape index (κ3) is 2.99. The molecule has 1 heterocycles. The van der Waals surface area contributed by atoms with Crippen molar-refractivity contribution in [3.05, 3.63) is 27.9 Å². The van der Waals surface area contributed by atoms with Gasteiger partial charge in [-0.25, -0.2) is 4.98 Å². The van der Waals surface area contributed by atoms with Gasteiger partial charge in [-0.3, -0.25) is 4.79 Å². The van der Waals surface area contributed by atoms with Crippen LogP contribution in [-0.2, 0) is 10.3 Å². The molecule has 18 heavy (non-hydrogen) atoms. The Morgan fingerprint density at radius 3 is 2.39 bits per heavy atom. The van der Waals surface area contributed by atoms with Crippen molar-refractivity contribution >= 4 is 0 Å². The predicted molar refractivity (Wildman–Crippen MR) is 72.8 cm³/mol. The number of hydrogen-bond donors (Lipinski definition) is 1. The molecule has 0 saturated heterocycles. The zero-order valence-corrected chi connectivity index (χ0v) is 12.0. The summed E-state index contributed by atoms with van der Waals surface area (Å²) in [4.78, 5) is 19.2. The maximum atomic E-state index is 11.7. The zero-order chi connectivity index (χ0) is 13.8. The highest BCUT2D eigenvalue weighted by Crippen LogP contribution is 2.30. The summed E-state index contributed by atoms with van der Waals surface area (Å²) in [6.45, 7) is 10.8. The molecular weight excluding hydrogens is 228 g/mol. The van der Waals surface area contributed by atoms with Gasteiger partial charge < -0.3 is 9.72 Å². The topological polar surface area (TPSA) is 55.0 Å². The molecule has 0 spiro atoms. The second-order valence-corrected chi connectivity index (χ2v) is 4.81. The molecule has 0 aliphatic carbocycles. The second kappa shape index (κ2) is 6.14. The van der Waals surface area contributed by atoms with Gasteiger partial charge in [0.2, 0.25) is 0 Å². The Morgan fingerprint density at radius 1 is 1.33 bits per heavy atom. The van der Waals surface area contributed by atoms with E-state index in [9.17, 15) is 4.79 Å².